The van der Waals surface area contributed by atoms with Crippen molar-refractivity contribution in [3.63, 3.8) is 0 Å². The fourth-order valence-corrected chi connectivity index (χ4v) is 2.28. The summed E-state index contributed by atoms with van der Waals surface area (Å²) in [4.78, 5) is 23.9. The van der Waals surface area contributed by atoms with Gasteiger partial charge in [-0.15, -0.1) is 0 Å². The van der Waals surface area contributed by atoms with E-state index in [1.165, 1.54) is 13.3 Å². The number of rotatable bonds is 6. The van der Waals surface area contributed by atoms with E-state index in [2.05, 4.69) is 15.8 Å². The molecular formula is C19H21N3O4. The van der Waals surface area contributed by atoms with Gasteiger partial charge in [-0.3, -0.25) is 9.59 Å². The highest BCUT2D eigenvalue weighted by Gasteiger charge is 2.14. The number of anilines is 1. The van der Waals surface area contributed by atoms with Crippen LogP contribution in [-0.2, 0) is 16.0 Å². The average molecular weight is 355 g/mol. The molecular weight excluding hydrogens is 334 g/mol. The first kappa shape index (κ1) is 19.0. The number of nitrogens with zero attached hydrogens (tertiary/aromatic N) is 1. The SMILES string of the molecule is CCc1ccccc1NC(=O)C(=O)N/N=C\c1ccc(OC)c(OC)c1. The summed E-state index contributed by atoms with van der Waals surface area (Å²) in [5.41, 5.74) is 4.44. The van der Waals surface area contributed by atoms with E-state index in [4.69, 9.17) is 9.47 Å². The van der Waals surface area contributed by atoms with Crippen LogP contribution in [-0.4, -0.2) is 32.2 Å². The number of ether oxygens (including phenoxy) is 2. The number of amides is 2. The maximum absolute atomic E-state index is 12.0. The van der Waals surface area contributed by atoms with Gasteiger partial charge in [0.15, 0.2) is 11.5 Å². The lowest BCUT2D eigenvalue weighted by Crippen LogP contribution is -2.32. The first-order valence-corrected chi connectivity index (χ1v) is 8.03. The zero-order valence-electron chi connectivity index (χ0n) is 14.9. The van der Waals surface area contributed by atoms with Gasteiger partial charge in [0.1, 0.15) is 0 Å². The van der Waals surface area contributed by atoms with Crippen molar-refractivity contribution in [1.82, 2.24) is 5.43 Å². The van der Waals surface area contributed by atoms with Gasteiger partial charge >= 0.3 is 11.8 Å². The summed E-state index contributed by atoms with van der Waals surface area (Å²) < 4.78 is 10.3. The summed E-state index contributed by atoms with van der Waals surface area (Å²) in [6.45, 7) is 1.97. The lowest BCUT2D eigenvalue weighted by molar-refractivity contribution is -0.136. The predicted octanol–water partition coefficient (Wildman–Crippen LogP) is 2.36. The van der Waals surface area contributed by atoms with Crippen molar-refractivity contribution in [1.29, 1.82) is 0 Å². The maximum Gasteiger partial charge on any atom is 0.329 e. The van der Waals surface area contributed by atoms with E-state index in [0.29, 0.717) is 22.7 Å². The molecule has 136 valence electrons. The van der Waals surface area contributed by atoms with Crippen LogP contribution >= 0.6 is 0 Å². The number of hydrogen-bond donors (Lipinski definition) is 2. The van der Waals surface area contributed by atoms with E-state index in [9.17, 15) is 9.59 Å². The molecule has 0 aliphatic carbocycles. The number of carbonyl (C=O) groups excluding carboxylic acids is 2. The van der Waals surface area contributed by atoms with Crippen molar-refractivity contribution in [2.45, 2.75) is 13.3 Å². The Labute approximate surface area is 152 Å². The Hall–Kier alpha value is -3.35. The van der Waals surface area contributed by atoms with Gasteiger partial charge in [0.25, 0.3) is 0 Å². The smallest absolute Gasteiger partial charge is 0.329 e. The van der Waals surface area contributed by atoms with Crippen molar-refractivity contribution < 1.29 is 19.1 Å². The average Bonchev–Trinajstić information content (AvgIpc) is 2.68. The molecule has 0 unspecified atom stereocenters. The fourth-order valence-electron chi connectivity index (χ4n) is 2.28. The van der Waals surface area contributed by atoms with Crippen LogP contribution < -0.4 is 20.2 Å². The van der Waals surface area contributed by atoms with E-state index in [0.717, 1.165) is 12.0 Å². The third kappa shape index (κ3) is 4.83. The van der Waals surface area contributed by atoms with Gasteiger partial charge in [-0.25, -0.2) is 5.43 Å². The molecule has 0 saturated carbocycles. The predicted molar refractivity (Wildman–Crippen MR) is 99.7 cm³/mol. The molecule has 7 nitrogen and oxygen atoms in total. The van der Waals surface area contributed by atoms with Crippen LogP contribution in [0.5, 0.6) is 11.5 Å². The number of methoxy groups -OCH3 is 2. The zero-order chi connectivity index (χ0) is 18.9. The Balaban J connectivity index is 1.97. The van der Waals surface area contributed by atoms with Gasteiger partial charge in [-0.2, -0.15) is 5.10 Å². The Kier molecular flexibility index (Phi) is 6.73. The number of nitrogens with one attached hydrogen (secondary N) is 2. The standard InChI is InChI=1S/C19H21N3O4/c1-4-14-7-5-6-8-15(14)21-18(23)19(24)22-20-12-13-9-10-16(25-2)17(11-13)26-3/h5-12H,4H2,1-3H3,(H,21,23)(H,22,24)/b20-12-. The molecule has 0 fully saturated rings. The molecule has 2 rings (SSSR count). The monoisotopic (exact) mass is 355 g/mol. The zero-order valence-corrected chi connectivity index (χ0v) is 14.9. The molecule has 0 aliphatic heterocycles. The second kappa shape index (κ2) is 9.22. The minimum atomic E-state index is -0.854. The van der Waals surface area contributed by atoms with Crippen molar-refractivity contribution in [2.75, 3.05) is 19.5 Å². The van der Waals surface area contributed by atoms with Crippen LogP contribution in [0.15, 0.2) is 47.6 Å². The van der Waals surface area contributed by atoms with Crippen molar-refractivity contribution in [3.8, 4) is 11.5 Å². The topological polar surface area (TPSA) is 89.0 Å². The minimum Gasteiger partial charge on any atom is -0.493 e. The van der Waals surface area contributed by atoms with Crippen LogP contribution in [0.4, 0.5) is 5.69 Å². The summed E-state index contributed by atoms with van der Waals surface area (Å²) in [5, 5.41) is 6.38. The Morgan fingerprint density at radius 2 is 1.77 bits per heavy atom. The molecule has 0 radical (unpaired) electrons. The number of hydrazone groups is 1. The van der Waals surface area contributed by atoms with E-state index in [1.807, 2.05) is 19.1 Å². The van der Waals surface area contributed by atoms with Gasteiger partial charge < -0.3 is 14.8 Å². The summed E-state index contributed by atoms with van der Waals surface area (Å²) in [6, 6.07) is 12.5. The summed E-state index contributed by atoms with van der Waals surface area (Å²) in [6.07, 6.45) is 2.16. The van der Waals surface area contributed by atoms with Crippen molar-refractivity contribution in [2.24, 2.45) is 5.10 Å². The molecule has 2 aromatic carbocycles. The van der Waals surface area contributed by atoms with Crippen LogP contribution in [0.25, 0.3) is 0 Å². The summed E-state index contributed by atoms with van der Waals surface area (Å²) in [7, 11) is 3.07. The molecule has 0 bridgehead atoms. The molecule has 2 aromatic rings. The van der Waals surface area contributed by atoms with E-state index in [1.54, 1.807) is 37.4 Å². The number of hydrogen-bond acceptors (Lipinski definition) is 5. The third-order valence-electron chi connectivity index (χ3n) is 3.64. The van der Waals surface area contributed by atoms with Crippen LogP contribution in [0, 0.1) is 0 Å². The largest absolute Gasteiger partial charge is 0.493 e. The molecule has 2 amide bonds. The van der Waals surface area contributed by atoms with E-state index >= 15 is 0 Å². The maximum atomic E-state index is 12.0. The number of benzene rings is 2. The molecule has 2 N–H and O–H groups in total. The summed E-state index contributed by atoms with van der Waals surface area (Å²) >= 11 is 0. The van der Waals surface area contributed by atoms with E-state index in [-0.39, 0.29) is 0 Å². The first-order valence-electron chi connectivity index (χ1n) is 8.03. The van der Waals surface area contributed by atoms with E-state index < -0.39 is 11.8 Å². The fraction of sp³-hybridized carbons (Fsp3) is 0.211. The molecule has 0 heterocycles. The second-order valence-corrected chi connectivity index (χ2v) is 5.28. The molecule has 0 atom stereocenters. The van der Waals surface area contributed by atoms with Crippen molar-refractivity contribution in [3.05, 3.63) is 53.6 Å². The van der Waals surface area contributed by atoms with Crippen LogP contribution in [0.3, 0.4) is 0 Å². The van der Waals surface area contributed by atoms with Crippen LogP contribution in [0.2, 0.25) is 0 Å². The van der Waals surface area contributed by atoms with Crippen molar-refractivity contribution >= 4 is 23.7 Å². The van der Waals surface area contributed by atoms with Gasteiger partial charge in [0.05, 0.1) is 20.4 Å². The molecule has 0 aliphatic rings. The summed E-state index contributed by atoms with van der Waals surface area (Å²) in [5.74, 6) is -0.512. The quantitative estimate of drug-likeness (QED) is 0.473. The number of para-hydroxylation sites is 1. The van der Waals surface area contributed by atoms with Gasteiger partial charge in [-0.05, 0) is 41.8 Å². The Bertz CT molecular complexity index is 818. The Morgan fingerprint density at radius 1 is 1.04 bits per heavy atom. The molecule has 0 aromatic heterocycles. The number of carbonyl (C=O) groups is 2. The molecule has 7 heteroatoms. The number of aryl methyl sites for hydroxylation is 1. The van der Waals surface area contributed by atoms with Gasteiger partial charge in [-0.1, -0.05) is 25.1 Å². The van der Waals surface area contributed by atoms with Crippen LogP contribution in [0.1, 0.15) is 18.1 Å². The molecule has 26 heavy (non-hydrogen) atoms. The lowest BCUT2D eigenvalue weighted by Gasteiger charge is -2.08. The molecule has 0 spiro atoms. The lowest BCUT2D eigenvalue weighted by atomic mass is 10.1. The Morgan fingerprint density at radius 3 is 2.46 bits per heavy atom. The molecule has 0 saturated heterocycles. The van der Waals surface area contributed by atoms with Gasteiger partial charge in [0.2, 0.25) is 0 Å². The highest BCUT2D eigenvalue weighted by atomic mass is 16.5. The minimum absolute atomic E-state index is 0.539. The normalized spacial score (nSPS) is 10.4. The van der Waals surface area contributed by atoms with Gasteiger partial charge in [0, 0.05) is 5.69 Å². The third-order valence-corrected chi connectivity index (χ3v) is 3.64. The second-order valence-electron chi connectivity index (χ2n) is 5.28. The first-order chi connectivity index (χ1) is 12.6. The highest BCUT2D eigenvalue weighted by molar-refractivity contribution is 6.39. The highest BCUT2D eigenvalue weighted by Crippen LogP contribution is 2.26.